The predicted molar refractivity (Wildman–Crippen MR) is 60.5 cm³/mol. The van der Waals surface area contributed by atoms with Crippen LogP contribution in [0.25, 0.3) is 0 Å². The lowest BCUT2D eigenvalue weighted by Crippen LogP contribution is -2.30. The van der Waals surface area contributed by atoms with Crippen molar-refractivity contribution in [2.24, 2.45) is 0 Å². The normalized spacial score (nSPS) is 12.3. The molecule has 82 valence electrons. The van der Waals surface area contributed by atoms with Gasteiger partial charge in [0.15, 0.2) is 0 Å². The summed E-state index contributed by atoms with van der Waals surface area (Å²) in [4.78, 5) is 11.5. The fourth-order valence-corrected chi connectivity index (χ4v) is 1.50. The number of benzene rings is 1. The topological polar surface area (TPSA) is 49.3 Å². The first-order chi connectivity index (χ1) is 7.00. The van der Waals surface area contributed by atoms with E-state index in [1.54, 1.807) is 19.1 Å². The summed E-state index contributed by atoms with van der Waals surface area (Å²) in [6.45, 7) is 1.78. The Morgan fingerprint density at radius 3 is 2.73 bits per heavy atom. The van der Waals surface area contributed by atoms with Crippen molar-refractivity contribution in [2.45, 2.75) is 13.0 Å². The molecule has 0 radical (unpaired) electrons. The van der Waals surface area contributed by atoms with Crippen LogP contribution < -0.4 is 5.32 Å². The third kappa shape index (κ3) is 3.70. The maximum absolute atomic E-state index is 11.5. The molecule has 1 amide bonds. The van der Waals surface area contributed by atoms with Crippen molar-refractivity contribution in [3.05, 3.63) is 33.8 Å². The van der Waals surface area contributed by atoms with Crippen LogP contribution in [-0.4, -0.2) is 23.7 Å². The third-order valence-corrected chi connectivity index (χ3v) is 2.28. The lowest BCUT2D eigenvalue weighted by Gasteiger charge is -2.08. The van der Waals surface area contributed by atoms with Gasteiger partial charge in [-0.05, 0) is 25.1 Å². The quantitative estimate of drug-likeness (QED) is 0.860. The molecular formula is C10H11Cl2NO2. The molecule has 0 heterocycles. The molecule has 0 spiro atoms. The summed E-state index contributed by atoms with van der Waals surface area (Å²) >= 11 is 11.5. The average Bonchev–Trinajstić information content (AvgIpc) is 2.14. The van der Waals surface area contributed by atoms with Gasteiger partial charge in [0.2, 0.25) is 0 Å². The van der Waals surface area contributed by atoms with Crippen LogP contribution in [0.15, 0.2) is 18.2 Å². The number of halogens is 2. The zero-order chi connectivity index (χ0) is 11.4. The zero-order valence-electron chi connectivity index (χ0n) is 8.13. The molecule has 2 N–H and O–H groups in total. The number of aliphatic hydroxyl groups is 1. The fourth-order valence-electron chi connectivity index (χ4n) is 1.01. The van der Waals surface area contributed by atoms with Crippen molar-refractivity contribution in [3.8, 4) is 0 Å². The van der Waals surface area contributed by atoms with Crippen LogP contribution in [-0.2, 0) is 0 Å². The molecule has 1 rings (SSSR count). The molecule has 5 heteroatoms. The summed E-state index contributed by atoms with van der Waals surface area (Å²) in [5.41, 5.74) is 0.349. The second-order valence-corrected chi connectivity index (χ2v) is 4.03. The minimum atomic E-state index is -0.583. The van der Waals surface area contributed by atoms with Crippen molar-refractivity contribution in [1.29, 1.82) is 0 Å². The molecule has 1 aromatic rings. The first-order valence-electron chi connectivity index (χ1n) is 4.42. The highest BCUT2D eigenvalue weighted by molar-refractivity contribution is 6.36. The smallest absolute Gasteiger partial charge is 0.252 e. The van der Waals surface area contributed by atoms with Gasteiger partial charge in [0.05, 0.1) is 16.7 Å². The molecule has 0 aliphatic carbocycles. The van der Waals surface area contributed by atoms with Gasteiger partial charge >= 0.3 is 0 Å². The summed E-state index contributed by atoms with van der Waals surface area (Å²) in [5, 5.41) is 12.3. The van der Waals surface area contributed by atoms with Crippen LogP contribution in [0.3, 0.4) is 0 Å². The van der Waals surface area contributed by atoms with Crippen molar-refractivity contribution in [2.75, 3.05) is 6.54 Å². The highest BCUT2D eigenvalue weighted by atomic mass is 35.5. The molecule has 0 fully saturated rings. The van der Waals surface area contributed by atoms with Gasteiger partial charge in [-0.1, -0.05) is 23.2 Å². The highest BCUT2D eigenvalue weighted by Crippen LogP contribution is 2.20. The van der Waals surface area contributed by atoms with E-state index in [9.17, 15) is 4.79 Å². The number of carbonyl (C=O) groups excluding carboxylic acids is 1. The maximum Gasteiger partial charge on any atom is 0.252 e. The standard InChI is InChI=1S/C10H11Cl2NO2/c1-6(14)5-13-10(15)8-3-2-7(11)4-9(8)12/h2-4,6,14H,5H2,1H3,(H,13,15)/t6-/m1/s1. The Labute approximate surface area is 98.0 Å². The van der Waals surface area contributed by atoms with E-state index in [1.807, 2.05) is 0 Å². The molecule has 0 saturated carbocycles. The zero-order valence-corrected chi connectivity index (χ0v) is 9.64. The minimum absolute atomic E-state index is 0.192. The lowest BCUT2D eigenvalue weighted by molar-refractivity contribution is 0.0924. The summed E-state index contributed by atoms with van der Waals surface area (Å²) in [6, 6.07) is 4.63. The molecule has 0 unspecified atom stereocenters. The van der Waals surface area contributed by atoms with E-state index in [0.717, 1.165) is 0 Å². The number of rotatable bonds is 3. The third-order valence-electron chi connectivity index (χ3n) is 1.73. The number of carbonyl (C=O) groups is 1. The van der Waals surface area contributed by atoms with Crippen LogP contribution in [0.2, 0.25) is 10.0 Å². The average molecular weight is 248 g/mol. The Hall–Kier alpha value is -0.770. The van der Waals surface area contributed by atoms with Gasteiger partial charge in [-0.25, -0.2) is 0 Å². The Kier molecular flexibility index (Phi) is 4.39. The van der Waals surface area contributed by atoms with E-state index in [4.69, 9.17) is 28.3 Å². The van der Waals surface area contributed by atoms with Gasteiger partial charge in [-0.3, -0.25) is 4.79 Å². The summed E-state index contributed by atoms with van der Waals surface area (Å²) in [5.74, 6) is -0.322. The van der Waals surface area contributed by atoms with Gasteiger partial charge in [0.25, 0.3) is 5.91 Å². The largest absolute Gasteiger partial charge is 0.392 e. The Morgan fingerprint density at radius 1 is 1.53 bits per heavy atom. The van der Waals surface area contributed by atoms with Crippen LogP contribution in [0, 0.1) is 0 Å². The number of hydrogen-bond donors (Lipinski definition) is 2. The molecule has 0 aliphatic heterocycles. The number of nitrogens with one attached hydrogen (secondary N) is 1. The van der Waals surface area contributed by atoms with E-state index < -0.39 is 6.10 Å². The van der Waals surface area contributed by atoms with E-state index in [0.29, 0.717) is 15.6 Å². The van der Waals surface area contributed by atoms with Crippen molar-refractivity contribution in [3.63, 3.8) is 0 Å². The fraction of sp³-hybridized carbons (Fsp3) is 0.300. The molecule has 0 aliphatic rings. The van der Waals surface area contributed by atoms with Gasteiger partial charge in [-0.2, -0.15) is 0 Å². The molecule has 1 aromatic carbocycles. The first kappa shape index (κ1) is 12.3. The summed E-state index contributed by atoms with van der Waals surface area (Å²) in [6.07, 6.45) is -0.583. The first-order valence-corrected chi connectivity index (χ1v) is 5.17. The van der Waals surface area contributed by atoms with Crippen LogP contribution in [0.5, 0.6) is 0 Å². The Morgan fingerprint density at radius 2 is 2.20 bits per heavy atom. The minimum Gasteiger partial charge on any atom is -0.392 e. The second-order valence-electron chi connectivity index (χ2n) is 3.18. The second kappa shape index (κ2) is 5.35. The molecule has 15 heavy (non-hydrogen) atoms. The van der Waals surface area contributed by atoms with E-state index in [1.165, 1.54) is 6.07 Å². The number of amides is 1. The molecule has 3 nitrogen and oxygen atoms in total. The van der Waals surface area contributed by atoms with Crippen LogP contribution >= 0.6 is 23.2 Å². The van der Waals surface area contributed by atoms with Crippen LogP contribution in [0.1, 0.15) is 17.3 Å². The number of hydrogen-bond acceptors (Lipinski definition) is 2. The van der Waals surface area contributed by atoms with Gasteiger partial charge in [-0.15, -0.1) is 0 Å². The summed E-state index contributed by atoms with van der Waals surface area (Å²) < 4.78 is 0. The molecular weight excluding hydrogens is 237 g/mol. The molecule has 0 bridgehead atoms. The van der Waals surface area contributed by atoms with E-state index >= 15 is 0 Å². The van der Waals surface area contributed by atoms with Gasteiger partial charge < -0.3 is 10.4 Å². The summed E-state index contributed by atoms with van der Waals surface area (Å²) in [7, 11) is 0. The highest BCUT2D eigenvalue weighted by Gasteiger charge is 2.10. The SMILES string of the molecule is C[C@@H](O)CNC(=O)c1ccc(Cl)cc1Cl. The molecule has 1 atom stereocenters. The Bertz CT molecular complexity index is 366. The monoisotopic (exact) mass is 247 g/mol. The molecule has 0 aromatic heterocycles. The Balaban J connectivity index is 2.74. The molecule has 0 saturated heterocycles. The van der Waals surface area contributed by atoms with Crippen LogP contribution in [0.4, 0.5) is 0 Å². The van der Waals surface area contributed by atoms with Crippen molar-refractivity contribution in [1.82, 2.24) is 5.32 Å². The van der Waals surface area contributed by atoms with E-state index in [2.05, 4.69) is 5.32 Å². The van der Waals surface area contributed by atoms with Gasteiger partial charge in [0.1, 0.15) is 0 Å². The van der Waals surface area contributed by atoms with Gasteiger partial charge in [0, 0.05) is 11.6 Å². The van der Waals surface area contributed by atoms with Crippen molar-refractivity contribution >= 4 is 29.1 Å². The van der Waals surface area contributed by atoms with E-state index in [-0.39, 0.29) is 12.5 Å². The maximum atomic E-state index is 11.5. The predicted octanol–water partition coefficient (Wildman–Crippen LogP) is 2.10. The lowest BCUT2D eigenvalue weighted by atomic mass is 10.2. The number of aliphatic hydroxyl groups excluding tert-OH is 1. The van der Waals surface area contributed by atoms with Crippen molar-refractivity contribution < 1.29 is 9.90 Å².